The fourth-order valence-corrected chi connectivity index (χ4v) is 5.14. The molecule has 0 radical (unpaired) electrons. The number of nitrogens with one attached hydrogen (secondary N) is 1. The van der Waals surface area contributed by atoms with E-state index in [1.807, 2.05) is 6.92 Å². The van der Waals surface area contributed by atoms with Crippen LogP contribution in [0.5, 0.6) is 0 Å². The highest BCUT2D eigenvalue weighted by Crippen LogP contribution is 2.39. The van der Waals surface area contributed by atoms with Gasteiger partial charge in [-0.25, -0.2) is 4.98 Å². The van der Waals surface area contributed by atoms with Gasteiger partial charge in [-0.3, -0.25) is 14.6 Å². The zero-order valence-corrected chi connectivity index (χ0v) is 18.5. The number of pyridine rings is 1. The van der Waals surface area contributed by atoms with E-state index in [-0.39, 0.29) is 5.57 Å². The minimum Gasteiger partial charge on any atom is -0.868 e. The number of aromatic nitrogens is 2. The second kappa shape index (κ2) is 9.25. The number of Topliss-reactive ketones (excluding diaryl/α,β-unsaturated/α-hetero) is 1. The maximum atomic E-state index is 13.4. The second-order valence-corrected chi connectivity index (χ2v) is 9.07. The number of ketones is 1. The number of rotatable bonds is 7. The smallest absolute Gasteiger partial charge is 0.239 e. The summed E-state index contributed by atoms with van der Waals surface area (Å²) in [5.41, 5.74) is 1.32. The summed E-state index contributed by atoms with van der Waals surface area (Å²) in [4.78, 5) is 38.1. The zero-order chi connectivity index (χ0) is 22.0. The van der Waals surface area contributed by atoms with Crippen LogP contribution in [0.2, 0.25) is 0 Å². The van der Waals surface area contributed by atoms with Crippen LogP contribution in [0.25, 0.3) is 0 Å². The third kappa shape index (κ3) is 4.39. The molecule has 8 nitrogen and oxygen atoms in total. The number of hydrogen-bond acceptors (Lipinski definition) is 7. The monoisotopic (exact) mass is 442 g/mol. The number of carbonyl (C=O) groups is 2. The zero-order valence-electron chi connectivity index (χ0n) is 17.7. The molecule has 0 saturated carbocycles. The van der Waals surface area contributed by atoms with Crippen molar-refractivity contribution in [1.82, 2.24) is 14.9 Å². The molecule has 0 spiro atoms. The second-order valence-electron chi connectivity index (χ2n) is 7.87. The summed E-state index contributed by atoms with van der Waals surface area (Å²) in [5.74, 6) is -1.72. The topological polar surface area (TPSA) is 99.9 Å². The predicted octanol–water partition coefficient (Wildman–Crippen LogP) is -0.159. The van der Waals surface area contributed by atoms with Crippen molar-refractivity contribution in [3.8, 4) is 0 Å². The van der Waals surface area contributed by atoms with Crippen LogP contribution in [0.15, 0.2) is 35.9 Å². The normalized spacial score (nSPS) is 20.0. The van der Waals surface area contributed by atoms with E-state index in [0.29, 0.717) is 17.1 Å². The van der Waals surface area contributed by atoms with E-state index >= 15 is 0 Å². The minimum absolute atomic E-state index is 0.0154. The van der Waals surface area contributed by atoms with Crippen LogP contribution in [0, 0.1) is 13.8 Å². The van der Waals surface area contributed by atoms with Crippen LogP contribution < -0.4 is 10.0 Å². The van der Waals surface area contributed by atoms with Gasteiger partial charge in [0.1, 0.15) is 13.1 Å². The predicted molar refractivity (Wildman–Crippen MR) is 113 cm³/mol. The molecule has 2 aliphatic heterocycles. The maximum Gasteiger partial charge on any atom is 0.239 e. The SMILES string of the molecule is Cc1nc(C)c(C(=O)C2=C([O-])C(=O)N(CCC[NH+]3CCOCC3)C2c2ccncc2)s1. The van der Waals surface area contributed by atoms with Crippen molar-refractivity contribution in [2.24, 2.45) is 0 Å². The van der Waals surface area contributed by atoms with Gasteiger partial charge in [0.2, 0.25) is 11.7 Å². The molecule has 1 atom stereocenters. The third-order valence-electron chi connectivity index (χ3n) is 5.79. The van der Waals surface area contributed by atoms with Crippen LogP contribution in [0.4, 0.5) is 0 Å². The Morgan fingerprint density at radius 2 is 2.00 bits per heavy atom. The molecule has 2 aromatic heterocycles. The molecule has 4 heterocycles. The lowest BCUT2D eigenvalue weighted by Crippen LogP contribution is -3.14. The third-order valence-corrected chi connectivity index (χ3v) is 6.86. The Bertz CT molecular complexity index is 998. The molecule has 1 N–H and O–H groups in total. The molecule has 1 fully saturated rings. The van der Waals surface area contributed by atoms with Crippen molar-refractivity contribution in [2.45, 2.75) is 26.3 Å². The lowest BCUT2D eigenvalue weighted by Gasteiger charge is -2.29. The van der Waals surface area contributed by atoms with E-state index in [9.17, 15) is 14.7 Å². The maximum absolute atomic E-state index is 13.4. The van der Waals surface area contributed by atoms with E-state index in [2.05, 4.69) is 9.97 Å². The van der Waals surface area contributed by atoms with Gasteiger partial charge in [0.15, 0.2) is 0 Å². The number of nitrogens with zero attached hydrogens (tertiary/aromatic N) is 3. The van der Waals surface area contributed by atoms with Gasteiger partial charge in [0.05, 0.1) is 41.4 Å². The first-order chi connectivity index (χ1) is 15.0. The molecular weight excluding hydrogens is 416 g/mol. The number of ether oxygens (including phenoxy) is 1. The Labute approximate surface area is 185 Å². The molecule has 1 amide bonds. The molecular formula is C22H26N4O4S. The van der Waals surface area contributed by atoms with Crippen LogP contribution >= 0.6 is 11.3 Å². The summed E-state index contributed by atoms with van der Waals surface area (Å²) in [6.07, 6.45) is 3.97. The van der Waals surface area contributed by atoms with Gasteiger partial charge < -0.3 is 19.6 Å². The fourth-order valence-electron chi connectivity index (χ4n) is 4.27. The number of thiazole rings is 1. The molecule has 1 unspecified atom stereocenters. The number of aryl methyl sites for hydroxylation is 2. The summed E-state index contributed by atoms with van der Waals surface area (Å²) >= 11 is 1.26. The van der Waals surface area contributed by atoms with Gasteiger partial charge >= 0.3 is 0 Å². The lowest BCUT2D eigenvalue weighted by atomic mass is 9.95. The summed E-state index contributed by atoms with van der Waals surface area (Å²) in [6, 6.07) is 2.82. The van der Waals surface area contributed by atoms with Crippen molar-refractivity contribution in [2.75, 3.05) is 39.4 Å². The molecule has 0 bridgehead atoms. The Balaban J connectivity index is 1.61. The molecule has 31 heavy (non-hydrogen) atoms. The number of carbonyl (C=O) groups excluding carboxylic acids is 2. The molecule has 2 aliphatic rings. The van der Waals surface area contributed by atoms with E-state index in [0.717, 1.165) is 49.8 Å². The highest BCUT2D eigenvalue weighted by molar-refractivity contribution is 7.14. The number of morpholine rings is 1. The Kier molecular flexibility index (Phi) is 6.45. The quantitative estimate of drug-likeness (QED) is 0.599. The van der Waals surface area contributed by atoms with E-state index < -0.39 is 23.5 Å². The summed E-state index contributed by atoms with van der Waals surface area (Å²) in [6.45, 7) is 8.26. The number of quaternary nitrogens is 1. The van der Waals surface area contributed by atoms with Crippen molar-refractivity contribution >= 4 is 23.0 Å². The van der Waals surface area contributed by atoms with E-state index in [1.54, 1.807) is 36.4 Å². The number of hydrogen-bond donors (Lipinski definition) is 1. The van der Waals surface area contributed by atoms with Gasteiger partial charge in [-0.05, 0) is 37.3 Å². The van der Waals surface area contributed by atoms with Gasteiger partial charge in [-0.1, -0.05) is 0 Å². The summed E-state index contributed by atoms with van der Waals surface area (Å²) < 4.78 is 5.40. The Hall–Kier alpha value is -2.62. The summed E-state index contributed by atoms with van der Waals surface area (Å²) in [5, 5.41) is 13.7. The van der Waals surface area contributed by atoms with Gasteiger partial charge in [0.25, 0.3) is 0 Å². The lowest BCUT2D eigenvalue weighted by molar-refractivity contribution is -0.908. The van der Waals surface area contributed by atoms with Crippen molar-refractivity contribution in [3.05, 3.63) is 57.0 Å². The van der Waals surface area contributed by atoms with Crippen molar-refractivity contribution in [3.63, 3.8) is 0 Å². The molecule has 0 aliphatic carbocycles. The Morgan fingerprint density at radius 1 is 1.29 bits per heavy atom. The largest absolute Gasteiger partial charge is 0.868 e. The van der Waals surface area contributed by atoms with Crippen LogP contribution in [0.1, 0.15) is 38.4 Å². The molecule has 0 aromatic carbocycles. The molecule has 4 rings (SSSR count). The molecule has 9 heteroatoms. The van der Waals surface area contributed by atoms with Gasteiger partial charge in [-0.2, -0.15) is 0 Å². The Morgan fingerprint density at radius 3 is 2.65 bits per heavy atom. The standard InChI is InChI=1S/C22H26N4O4S/c1-14-21(31-15(2)24-14)19(27)17-18(16-4-6-23-7-5-16)26(22(29)20(17)28)9-3-8-25-10-12-30-13-11-25/h4-7,18,28H,3,8-13H2,1-2H3. The first-order valence-electron chi connectivity index (χ1n) is 10.5. The van der Waals surface area contributed by atoms with E-state index in [4.69, 9.17) is 4.74 Å². The minimum atomic E-state index is -0.712. The van der Waals surface area contributed by atoms with Crippen LogP contribution in [-0.2, 0) is 9.53 Å². The summed E-state index contributed by atoms with van der Waals surface area (Å²) in [7, 11) is 0. The molecule has 164 valence electrons. The highest BCUT2D eigenvalue weighted by atomic mass is 32.1. The average Bonchev–Trinajstić information content (AvgIpc) is 3.25. The van der Waals surface area contributed by atoms with Gasteiger partial charge in [-0.15, -0.1) is 11.3 Å². The van der Waals surface area contributed by atoms with Crippen molar-refractivity contribution in [1.29, 1.82) is 0 Å². The highest BCUT2D eigenvalue weighted by Gasteiger charge is 2.40. The van der Waals surface area contributed by atoms with Gasteiger partial charge in [0, 0.05) is 30.9 Å². The van der Waals surface area contributed by atoms with Crippen molar-refractivity contribution < 1.29 is 24.3 Å². The molecule has 2 aromatic rings. The first-order valence-corrected chi connectivity index (χ1v) is 11.3. The number of amides is 1. The first kappa shape index (κ1) is 21.6. The fraction of sp³-hybridized carbons (Fsp3) is 0.455. The molecule has 1 saturated heterocycles. The van der Waals surface area contributed by atoms with Crippen LogP contribution in [-0.4, -0.2) is 66.0 Å². The van der Waals surface area contributed by atoms with Crippen LogP contribution in [0.3, 0.4) is 0 Å². The average molecular weight is 443 g/mol. The van der Waals surface area contributed by atoms with E-state index in [1.165, 1.54) is 16.2 Å².